The lowest BCUT2D eigenvalue weighted by atomic mass is 9.95. The summed E-state index contributed by atoms with van der Waals surface area (Å²) in [7, 11) is 3.59. The minimum atomic E-state index is 0.206. The molecule has 1 rings (SSSR count). The van der Waals surface area contributed by atoms with Crippen molar-refractivity contribution in [2.75, 3.05) is 33.8 Å². The molecule has 1 amide bonds. The van der Waals surface area contributed by atoms with Crippen LogP contribution in [0.15, 0.2) is 0 Å². The molecule has 0 aliphatic carbocycles. The lowest BCUT2D eigenvalue weighted by Gasteiger charge is -2.36. The number of piperidine rings is 1. The molecule has 0 aromatic rings. The lowest BCUT2D eigenvalue weighted by molar-refractivity contribution is -0.136. The molecule has 2 unspecified atom stereocenters. The topological polar surface area (TPSA) is 41.6 Å². The first-order chi connectivity index (χ1) is 7.19. The Morgan fingerprint density at radius 3 is 2.93 bits per heavy atom. The van der Waals surface area contributed by atoms with Crippen LogP contribution < -0.4 is 5.32 Å². The van der Waals surface area contributed by atoms with Crippen LogP contribution in [0.2, 0.25) is 0 Å². The maximum atomic E-state index is 11.8. The first kappa shape index (κ1) is 12.5. The van der Waals surface area contributed by atoms with Crippen molar-refractivity contribution >= 4 is 5.91 Å². The second-order valence-electron chi connectivity index (χ2n) is 4.23. The quantitative estimate of drug-likeness (QED) is 0.740. The molecule has 0 saturated carbocycles. The first-order valence-electron chi connectivity index (χ1n) is 5.64. The van der Waals surface area contributed by atoms with Crippen LogP contribution in [0.1, 0.15) is 19.8 Å². The highest BCUT2D eigenvalue weighted by Crippen LogP contribution is 2.19. The zero-order chi connectivity index (χ0) is 11.3. The molecule has 0 radical (unpaired) electrons. The monoisotopic (exact) mass is 214 g/mol. The number of rotatable bonds is 4. The summed E-state index contributed by atoms with van der Waals surface area (Å²) in [5, 5.41) is 2.99. The molecule has 0 aromatic heterocycles. The highest BCUT2D eigenvalue weighted by molar-refractivity contribution is 5.76. The van der Waals surface area contributed by atoms with Gasteiger partial charge in [-0.3, -0.25) is 4.79 Å². The first-order valence-corrected chi connectivity index (χ1v) is 5.64. The van der Waals surface area contributed by atoms with Crippen molar-refractivity contribution in [2.45, 2.75) is 25.9 Å². The Kier molecular flexibility index (Phi) is 5.05. The van der Waals surface area contributed by atoms with E-state index in [0.717, 1.165) is 26.1 Å². The summed E-state index contributed by atoms with van der Waals surface area (Å²) >= 11 is 0. The maximum absolute atomic E-state index is 11.8. The number of carbonyl (C=O) groups is 1. The van der Waals surface area contributed by atoms with Gasteiger partial charge in [0.1, 0.15) is 0 Å². The average Bonchev–Trinajstić information content (AvgIpc) is 2.26. The van der Waals surface area contributed by atoms with Gasteiger partial charge in [0.25, 0.3) is 0 Å². The zero-order valence-electron chi connectivity index (χ0n) is 9.95. The van der Waals surface area contributed by atoms with E-state index < -0.39 is 0 Å². The van der Waals surface area contributed by atoms with Crippen LogP contribution in [0.3, 0.4) is 0 Å². The predicted molar refractivity (Wildman–Crippen MR) is 59.7 cm³/mol. The van der Waals surface area contributed by atoms with Gasteiger partial charge in [0.2, 0.25) is 5.91 Å². The van der Waals surface area contributed by atoms with E-state index in [1.54, 1.807) is 7.11 Å². The average molecular weight is 214 g/mol. The SMILES string of the molecule is CNCCC(=O)N1CCC(C)C(OC)C1. The molecule has 1 N–H and O–H groups in total. The van der Waals surface area contributed by atoms with Gasteiger partial charge >= 0.3 is 0 Å². The molecule has 0 bridgehead atoms. The van der Waals surface area contributed by atoms with Crippen LogP contribution in [0.25, 0.3) is 0 Å². The summed E-state index contributed by atoms with van der Waals surface area (Å²) in [4.78, 5) is 13.7. The predicted octanol–water partition coefficient (Wildman–Crippen LogP) is 0.479. The molecule has 4 nitrogen and oxygen atoms in total. The van der Waals surface area contributed by atoms with Crippen LogP contribution in [0, 0.1) is 5.92 Å². The van der Waals surface area contributed by atoms with E-state index in [2.05, 4.69) is 12.2 Å². The number of carbonyl (C=O) groups excluding carboxylic acids is 1. The summed E-state index contributed by atoms with van der Waals surface area (Å²) in [6.45, 7) is 4.57. The smallest absolute Gasteiger partial charge is 0.223 e. The van der Waals surface area contributed by atoms with Gasteiger partial charge in [-0.25, -0.2) is 0 Å². The standard InChI is InChI=1S/C11H22N2O2/c1-9-5-7-13(8-10(9)15-3)11(14)4-6-12-2/h9-10,12H,4-8H2,1-3H3. The van der Waals surface area contributed by atoms with Crippen molar-refractivity contribution in [3.8, 4) is 0 Å². The van der Waals surface area contributed by atoms with Crippen LogP contribution in [0.5, 0.6) is 0 Å². The summed E-state index contributed by atoms with van der Waals surface area (Å²) in [6, 6.07) is 0. The Morgan fingerprint density at radius 2 is 2.33 bits per heavy atom. The Hall–Kier alpha value is -0.610. The van der Waals surface area contributed by atoms with Crippen LogP contribution >= 0.6 is 0 Å². The van der Waals surface area contributed by atoms with Crippen molar-refractivity contribution in [3.63, 3.8) is 0 Å². The third-order valence-corrected chi connectivity index (χ3v) is 3.13. The molecule has 0 spiro atoms. The Balaban J connectivity index is 2.40. The van der Waals surface area contributed by atoms with Crippen LogP contribution in [-0.2, 0) is 9.53 Å². The molecule has 1 saturated heterocycles. The molecule has 4 heteroatoms. The van der Waals surface area contributed by atoms with Gasteiger partial charge in [0.05, 0.1) is 6.10 Å². The Morgan fingerprint density at radius 1 is 1.60 bits per heavy atom. The Bertz CT molecular complexity index is 209. The van der Waals surface area contributed by atoms with E-state index in [-0.39, 0.29) is 12.0 Å². The fourth-order valence-electron chi connectivity index (χ4n) is 1.96. The van der Waals surface area contributed by atoms with E-state index >= 15 is 0 Å². The molecule has 1 heterocycles. The second-order valence-corrected chi connectivity index (χ2v) is 4.23. The lowest BCUT2D eigenvalue weighted by Crippen LogP contribution is -2.47. The fraction of sp³-hybridized carbons (Fsp3) is 0.909. The van der Waals surface area contributed by atoms with E-state index in [4.69, 9.17) is 4.74 Å². The number of ether oxygens (including phenoxy) is 1. The van der Waals surface area contributed by atoms with Crippen molar-refractivity contribution < 1.29 is 9.53 Å². The van der Waals surface area contributed by atoms with E-state index in [1.165, 1.54) is 0 Å². The number of likely N-dealkylation sites (tertiary alicyclic amines) is 1. The molecular formula is C11H22N2O2. The number of hydrogen-bond acceptors (Lipinski definition) is 3. The van der Waals surface area contributed by atoms with Gasteiger partial charge in [0.15, 0.2) is 0 Å². The van der Waals surface area contributed by atoms with Crippen molar-refractivity contribution in [1.82, 2.24) is 10.2 Å². The molecule has 1 aliphatic heterocycles. The highest BCUT2D eigenvalue weighted by Gasteiger charge is 2.28. The van der Waals surface area contributed by atoms with Crippen LogP contribution in [-0.4, -0.2) is 50.7 Å². The Labute approximate surface area is 92.0 Å². The highest BCUT2D eigenvalue weighted by atomic mass is 16.5. The molecule has 15 heavy (non-hydrogen) atoms. The van der Waals surface area contributed by atoms with E-state index in [0.29, 0.717) is 12.3 Å². The third-order valence-electron chi connectivity index (χ3n) is 3.13. The molecule has 88 valence electrons. The normalized spacial score (nSPS) is 26.7. The van der Waals surface area contributed by atoms with Gasteiger partial charge in [-0.2, -0.15) is 0 Å². The minimum absolute atomic E-state index is 0.206. The van der Waals surface area contributed by atoms with E-state index in [9.17, 15) is 4.79 Å². The number of amides is 1. The summed E-state index contributed by atoms with van der Waals surface area (Å²) in [5.41, 5.74) is 0. The number of methoxy groups -OCH3 is 1. The van der Waals surface area contributed by atoms with Gasteiger partial charge in [0, 0.05) is 33.2 Å². The van der Waals surface area contributed by atoms with Gasteiger partial charge in [-0.1, -0.05) is 6.92 Å². The fourth-order valence-corrected chi connectivity index (χ4v) is 1.96. The van der Waals surface area contributed by atoms with Crippen LogP contribution in [0.4, 0.5) is 0 Å². The maximum Gasteiger partial charge on any atom is 0.223 e. The third kappa shape index (κ3) is 3.47. The summed E-state index contributed by atoms with van der Waals surface area (Å²) in [5.74, 6) is 0.793. The van der Waals surface area contributed by atoms with E-state index in [1.807, 2.05) is 11.9 Å². The summed E-state index contributed by atoms with van der Waals surface area (Å²) < 4.78 is 5.38. The number of nitrogens with one attached hydrogen (secondary N) is 1. The van der Waals surface area contributed by atoms with Crippen molar-refractivity contribution in [3.05, 3.63) is 0 Å². The molecule has 1 fully saturated rings. The van der Waals surface area contributed by atoms with Gasteiger partial charge < -0.3 is 15.0 Å². The second kappa shape index (κ2) is 6.08. The molecule has 2 atom stereocenters. The van der Waals surface area contributed by atoms with Gasteiger partial charge in [-0.05, 0) is 19.4 Å². The largest absolute Gasteiger partial charge is 0.379 e. The molecule has 0 aromatic carbocycles. The number of hydrogen-bond donors (Lipinski definition) is 1. The van der Waals surface area contributed by atoms with Crippen molar-refractivity contribution in [2.24, 2.45) is 5.92 Å². The molecule has 1 aliphatic rings. The zero-order valence-corrected chi connectivity index (χ0v) is 9.95. The van der Waals surface area contributed by atoms with Crippen molar-refractivity contribution in [1.29, 1.82) is 0 Å². The number of nitrogens with zero attached hydrogens (tertiary/aromatic N) is 1. The minimum Gasteiger partial charge on any atom is -0.379 e. The summed E-state index contributed by atoms with van der Waals surface area (Å²) in [6.07, 6.45) is 1.84. The van der Waals surface area contributed by atoms with Gasteiger partial charge in [-0.15, -0.1) is 0 Å². The molecular weight excluding hydrogens is 192 g/mol.